The van der Waals surface area contributed by atoms with Crippen molar-refractivity contribution < 1.29 is 13.8 Å². The molecule has 1 N–H and O–H groups in total. The highest BCUT2D eigenvalue weighted by molar-refractivity contribution is 7.85. The van der Waals surface area contributed by atoms with Gasteiger partial charge in [0.25, 0.3) is 11.8 Å². The molecule has 0 radical (unpaired) electrons. The average molecular weight is 535 g/mol. The van der Waals surface area contributed by atoms with Crippen LogP contribution < -0.4 is 10.2 Å². The van der Waals surface area contributed by atoms with Gasteiger partial charge >= 0.3 is 0 Å². The lowest BCUT2D eigenvalue weighted by atomic mass is 10.1. The number of nitrogens with zero attached hydrogens (tertiary/aromatic N) is 1. The first-order valence-electron chi connectivity index (χ1n) is 11.1. The first-order valence-corrected chi connectivity index (χ1v) is 13.0. The molecule has 0 aromatic heterocycles. The fourth-order valence-electron chi connectivity index (χ4n) is 4.02. The number of carbonyl (C=O) groups is 2. The van der Waals surface area contributed by atoms with E-state index in [-0.39, 0.29) is 18.4 Å². The van der Waals surface area contributed by atoms with Gasteiger partial charge in [-0.15, -0.1) is 0 Å². The number of hydrogen-bond donors (Lipinski definition) is 1. The summed E-state index contributed by atoms with van der Waals surface area (Å²) in [5, 5.41) is 4.10. The van der Waals surface area contributed by atoms with Gasteiger partial charge in [0.2, 0.25) is 0 Å². The molecule has 0 bridgehead atoms. The van der Waals surface area contributed by atoms with E-state index in [0.717, 1.165) is 11.1 Å². The van der Waals surface area contributed by atoms with E-state index in [1.165, 1.54) is 0 Å². The Bertz CT molecular complexity index is 1490. The third-order valence-corrected chi connectivity index (χ3v) is 7.90. The maximum absolute atomic E-state index is 13.7. The Morgan fingerprint density at radius 2 is 1.44 bits per heavy atom. The first kappa shape index (κ1) is 24.3. The molecule has 1 aliphatic rings. The van der Waals surface area contributed by atoms with E-state index in [1.807, 2.05) is 24.3 Å². The topological polar surface area (TPSA) is 66.5 Å². The van der Waals surface area contributed by atoms with Gasteiger partial charge in [-0.25, -0.2) is 4.21 Å². The number of hydrogen-bond acceptors (Lipinski definition) is 3. The summed E-state index contributed by atoms with van der Waals surface area (Å²) >= 11 is 12.0. The van der Waals surface area contributed by atoms with Crippen molar-refractivity contribution in [1.82, 2.24) is 5.32 Å². The van der Waals surface area contributed by atoms with E-state index >= 15 is 0 Å². The quantitative estimate of drug-likeness (QED) is 0.329. The van der Waals surface area contributed by atoms with Gasteiger partial charge in [-0.1, -0.05) is 59.6 Å². The van der Waals surface area contributed by atoms with Gasteiger partial charge < -0.3 is 10.2 Å². The highest BCUT2D eigenvalue weighted by Gasteiger charge is 2.31. The van der Waals surface area contributed by atoms with Gasteiger partial charge in [-0.05, 0) is 65.7 Å². The van der Waals surface area contributed by atoms with Crippen LogP contribution in [0.25, 0.3) is 0 Å². The van der Waals surface area contributed by atoms with Crippen LogP contribution in [0.3, 0.4) is 0 Å². The van der Waals surface area contributed by atoms with Crippen LogP contribution in [0, 0.1) is 0 Å². The number of rotatable bonds is 5. The largest absolute Gasteiger partial charge is 0.348 e. The number of benzene rings is 4. The minimum Gasteiger partial charge on any atom is -0.348 e. The molecule has 4 aromatic rings. The zero-order valence-corrected chi connectivity index (χ0v) is 21.2. The molecule has 1 atom stereocenters. The van der Waals surface area contributed by atoms with Crippen LogP contribution >= 0.6 is 23.2 Å². The molecule has 1 aliphatic heterocycles. The summed E-state index contributed by atoms with van der Waals surface area (Å²) < 4.78 is 13.5. The van der Waals surface area contributed by atoms with Crippen LogP contribution in [0.5, 0.6) is 0 Å². The smallest absolute Gasteiger partial charge is 0.259 e. The summed E-state index contributed by atoms with van der Waals surface area (Å²) in [5.41, 5.74) is 2.91. The molecular formula is C28H20Cl2N2O3S. The highest BCUT2D eigenvalue weighted by atomic mass is 35.5. The van der Waals surface area contributed by atoms with Crippen molar-refractivity contribution in [2.24, 2.45) is 0 Å². The molecule has 36 heavy (non-hydrogen) atoms. The van der Waals surface area contributed by atoms with Crippen molar-refractivity contribution in [3.63, 3.8) is 0 Å². The summed E-state index contributed by atoms with van der Waals surface area (Å²) in [4.78, 5) is 29.2. The van der Waals surface area contributed by atoms with Crippen LogP contribution in [-0.4, -0.2) is 16.0 Å². The number of amides is 2. The third kappa shape index (κ3) is 4.93. The van der Waals surface area contributed by atoms with Crippen LogP contribution in [-0.2, 0) is 23.9 Å². The number of anilines is 1. The van der Waals surface area contributed by atoms with E-state index < -0.39 is 10.8 Å². The molecule has 0 aliphatic carbocycles. The van der Waals surface area contributed by atoms with Gasteiger partial charge in [-0.3, -0.25) is 9.59 Å². The summed E-state index contributed by atoms with van der Waals surface area (Å²) in [6.07, 6.45) is 0. The maximum atomic E-state index is 13.7. The second-order valence-corrected chi connectivity index (χ2v) is 10.6. The molecule has 0 saturated heterocycles. The standard InChI is InChI=1S/C28H20Cl2N2O3S/c29-21-10-5-18(6-11-21)16-31-27(33)20-9-14-26-24(15-20)32(17-19-7-12-22(30)13-8-19)28(34)23-3-1-2-4-25(23)36(26)35/h1-15H,16-17H2,(H,31,33)/t36-/m0/s1. The van der Waals surface area contributed by atoms with Crippen molar-refractivity contribution in [1.29, 1.82) is 0 Å². The first-order chi connectivity index (χ1) is 17.4. The Kier molecular flexibility index (Phi) is 6.92. The van der Waals surface area contributed by atoms with E-state index in [0.29, 0.717) is 43.2 Å². The van der Waals surface area contributed by atoms with Crippen molar-refractivity contribution >= 4 is 51.5 Å². The Balaban J connectivity index is 1.52. The van der Waals surface area contributed by atoms with Crippen LogP contribution in [0.1, 0.15) is 31.8 Å². The van der Waals surface area contributed by atoms with E-state index in [9.17, 15) is 13.8 Å². The lowest BCUT2D eigenvalue weighted by molar-refractivity contribution is 0.0947. The molecular weight excluding hydrogens is 515 g/mol. The normalized spacial score (nSPS) is 14.6. The summed E-state index contributed by atoms with van der Waals surface area (Å²) in [6.45, 7) is 0.544. The average Bonchev–Trinajstić information content (AvgIpc) is 2.98. The minimum absolute atomic E-state index is 0.227. The highest BCUT2D eigenvalue weighted by Crippen LogP contribution is 2.36. The minimum atomic E-state index is -1.60. The molecule has 1 heterocycles. The molecule has 4 aromatic carbocycles. The zero-order valence-electron chi connectivity index (χ0n) is 18.9. The second kappa shape index (κ2) is 10.3. The van der Waals surface area contributed by atoms with E-state index in [1.54, 1.807) is 71.6 Å². The number of fused-ring (bicyclic) bond motifs is 2. The predicted octanol–water partition coefficient (Wildman–Crippen LogP) is 6.25. The molecule has 5 rings (SSSR count). The molecule has 0 spiro atoms. The Morgan fingerprint density at radius 3 is 2.14 bits per heavy atom. The monoisotopic (exact) mass is 534 g/mol. The Morgan fingerprint density at radius 1 is 0.806 bits per heavy atom. The SMILES string of the molecule is O=C(NCc1ccc(Cl)cc1)c1ccc2c(c1)N(Cc1ccc(Cl)cc1)C(=O)c1ccccc1[S@@]2=O. The van der Waals surface area contributed by atoms with Gasteiger partial charge in [-0.2, -0.15) is 0 Å². The zero-order chi connectivity index (χ0) is 25.2. The van der Waals surface area contributed by atoms with Crippen LogP contribution in [0.4, 0.5) is 5.69 Å². The molecule has 8 heteroatoms. The van der Waals surface area contributed by atoms with Crippen molar-refractivity contribution in [3.8, 4) is 0 Å². The lowest BCUT2D eigenvalue weighted by Crippen LogP contribution is -2.31. The molecule has 2 amide bonds. The maximum Gasteiger partial charge on any atom is 0.259 e. The van der Waals surface area contributed by atoms with Crippen LogP contribution in [0.15, 0.2) is 101 Å². The van der Waals surface area contributed by atoms with Crippen molar-refractivity contribution in [2.75, 3.05) is 4.90 Å². The number of carbonyl (C=O) groups excluding carboxylic acids is 2. The molecule has 0 unspecified atom stereocenters. The van der Waals surface area contributed by atoms with Crippen molar-refractivity contribution in [3.05, 3.63) is 123 Å². The molecule has 0 saturated carbocycles. The van der Waals surface area contributed by atoms with Gasteiger partial charge in [0.05, 0.1) is 38.4 Å². The van der Waals surface area contributed by atoms with Gasteiger partial charge in [0.1, 0.15) is 0 Å². The van der Waals surface area contributed by atoms with Crippen molar-refractivity contribution in [2.45, 2.75) is 22.9 Å². The summed E-state index contributed by atoms with van der Waals surface area (Å²) in [6, 6.07) is 26.2. The Labute approximate surface area is 221 Å². The van der Waals surface area contributed by atoms with Gasteiger partial charge in [0, 0.05) is 22.2 Å². The predicted molar refractivity (Wildman–Crippen MR) is 142 cm³/mol. The summed E-state index contributed by atoms with van der Waals surface area (Å²) in [7, 11) is -1.60. The Hall–Kier alpha value is -3.45. The number of nitrogens with one attached hydrogen (secondary N) is 1. The molecule has 0 fully saturated rings. The van der Waals surface area contributed by atoms with Gasteiger partial charge in [0.15, 0.2) is 0 Å². The van der Waals surface area contributed by atoms with E-state index in [4.69, 9.17) is 23.2 Å². The lowest BCUT2D eigenvalue weighted by Gasteiger charge is -2.23. The summed E-state index contributed by atoms with van der Waals surface area (Å²) in [5.74, 6) is -0.592. The molecule has 180 valence electrons. The molecule has 5 nitrogen and oxygen atoms in total. The fraction of sp³-hybridized carbons (Fsp3) is 0.0714. The van der Waals surface area contributed by atoms with Crippen LogP contribution in [0.2, 0.25) is 10.0 Å². The second-order valence-electron chi connectivity index (χ2n) is 8.27. The third-order valence-electron chi connectivity index (χ3n) is 5.89. The fourth-order valence-corrected chi connectivity index (χ4v) is 5.62. The number of halogens is 2. The van der Waals surface area contributed by atoms with E-state index in [2.05, 4.69) is 5.32 Å².